The molecule has 0 bridgehead atoms. The van der Waals surface area contributed by atoms with Crippen molar-refractivity contribution in [3.05, 3.63) is 50.8 Å². The Labute approximate surface area is 117 Å². The Balaban J connectivity index is 2.40. The molecular formula is C12H10F2N4O3. The first-order valence-corrected chi connectivity index (χ1v) is 5.77. The van der Waals surface area contributed by atoms with Crippen LogP contribution in [0.1, 0.15) is 21.7 Å². The van der Waals surface area contributed by atoms with Crippen molar-refractivity contribution in [1.29, 1.82) is 0 Å². The Hall–Kier alpha value is -2.84. The van der Waals surface area contributed by atoms with Crippen LogP contribution in [0.5, 0.6) is 0 Å². The van der Waals surface area contributed by atoms with E-state index in [1.54, 1.807) is 13.8 Å². The molecule has 1 heterocycles. The van der Waals surface area contributed by atoms with Gasteiger partial charge in [0.15, 0.2) is 0 Å². The third kappa shape index (κ3) is 2.71. The summed E-state index contributed by atoms with van der Waals surface area (Å²) in [7, 11) is 0. The molecule has 1 aromatic heterocycles. The highest BCUT2D eigenvalue weighted by Gasteiger charge is 2.23. The lowest BCUT2D eigenvalue weighted by Crippen LogP contribution is -2.15. The van der Waals surface area contributed by atoms with Gasteiger partial charge in [-0.25, -0.2) is 4.39 Å². The van der Waals surface area contributed by atoms with Gasteiger partial charge in [-0.15, -0.1) is 0 Å². The summed E-state index contributed by atoms with van der Waals surface area (Å²) in [6.45, 7) is 3.25. The van der Waals surface area contributed by atoms with Crippen molar-refractivity contribution in [2.24, 2.45) is 0 Å². The number of benzene rings is 1. The molecular weight excluding hydrogens is 286 g/mol. The molecule has 0 unspecified atom stereocenters. The topological polar surface area (TPSA) is 101 Å². The number of nitrogens with one attached hydrogen (secondary N) is 2. The molecule has 0 aliphatic heterocycles. The highest BCUT2D eigenvalue weighted by molar-refractivity contribution is 6.05. The first kappa shape index (κ1) is 14.6. The molecule has 0 fully saturated rings. The van der Waals surface area contributed by atoms with Crippen LogP contribution in [0.25, 0.3) is 0 Å². The van der Waals surface area contributed by atoms with E-state index in [4.69, 9.17) is 0 Å². The number of aromatic nitrogens is 2. The predicted octanol–water partition coefficient (Wildman–Crippen LogP) is 2.47. The molecule has 0 aliphatic rings. The summed E-state index contributed by atoms with van der Waals surface area (Å²) in [4.78, 5) is 21.6. The summed E-state index contributed by atoms with van der Waals surface area (Å²) in [5.41, 5.74) is -0.243. The Kier molecular flexibility index (Phi) is 3.66. The van der Waals surface area contributed by atoms with E-state index in [9.17, 15) is 23.7 Å². The van der Waals surface area contributed by atoms with Crippen LogP contribution in [-0.4, -0.2) is 21.0 Å². The summed E-state index contributed by atoms with van der Waals surface area (Å²) in [6.07, 6.45) is 0. The average Bonchev–Trinajstić information content (AvgIpc) is 2.70. The first-order valence-electron chi connectivity index (χ1n) is 5.77. The number of carbonyl (C=O) groups excluding carboxylic acids is 1. The molecule has 0 radical (unpaired) electrons. The van der Waals surface area contributed by atoms with Crippen LogP contribution in [0.15, 0.2) is 12.1 Å². The summed E-state index contributed by atoms with van der Waals surface area (Å²) in [6, 6.07) is 0.868. The molecule has 0 aliphatic carbocycles. The zero-order valence-electron chi connectivity index (χ0n) is 11.0. The number of aryl methyl sites for hydroxylation is 2. The molecule has 2 aromatic rings. The van der Waals surface area contributed by atoms with Gasteiger partial charge in [0.05, 0.1) is 27.6 Å². The van der Waals surface area contributed by atoms with Crippen molar-refractivity contribution in [2.75, 3.05) is 5.32 Å². The maximum atomic E-state index is 13.6. The molecule has 7 nitrogen and oxygen atoms in total. The maximum absolute atomic E-state index is 13.6. The lowest BCUT2D eigenvalue weighted by Gasteiger charge is -2.06. The van der Waals surface area contributed by atoms with Crippen molar-refractivity contribution < 1.29 is 18.5 Å². The van der Waals surface area contributed by atoms with Gasteiger partial charge in [0.2, 0.25) is 5.82 Å². The number of halogens is 2. The van der Waals surface area contributed by atoms with Crippen molar-refractivity contribution in [3.63, 3.8) is 0 Å². The van der Waals surface area contributed by atoms with Crippen molar-refractivity contribution in [3.8, 4) is 0 Å². The number of nitro benzene ring substituents is 1. The Morgan fingerprint density at radius 2 is 2.00 bits per heavy atom. The van der Waals surface area contributed by atoms with Crippen LogP contribution < -0.4 is 5.32 Å². The van der Waals surface area contributed by atoms with E-state index in [0.29, 0.717) is 29.2 Å². The summed E-state index contributed by atoms with van der Waals surface area (Å²) in [5.74, 6) is -3.46. The normalized spacial score (nSPS) is 10.5. The van der Waals surface area contributed by atoms with E-state index in [2.05, 4.69) is 15.5 Å². The van der Waals surface area contributed by atoms with Crippen LogP contribution in [0.4, 0.5) is 20.2 Å². The standard InChI is InChI=1S/C12H10F2N4O3/c1-5-11(6(2)17-16-5)15-12(19)7-3-10(18(20)21)9(14)4-8(7)13/h3-4H,1-2H3,(H,15,19)(H,16,17). The molecule has 2 N–H and O–H groups in total. The molecule has 0 saturated heterocycles. The van der Waals surface area contributed by atoms with Gasteiger partial charge in [0, 0.05) is 12.1 Å². The minimum atomic E-state index is -1.34. The zero-order valence-corrected chi connectivity index (χ0v) is 11.0. The fraction of sp³-hybridized carbons (Fsp3) is 0.167. The number of hydrogen-bond donors (Lipinski definition) is 2. The molecule has 1 amide bonds. The Morgan fingerprint density at radius 3 is 2.52 bits per heavy atom. The SMILES string of the molecule is Cc1n[nH]c(C)c1NC(=O)c1cc([N+](=O)[O-])c(F)cc1F. The Bertz CT molecular complexity index is 723. The van der Waals surface area contributed by atoms with Crippen molar-refractivity contribution in [2.45, 2.75) is 13.8 Å². The van der Waals surface area contributed by atoms with E-state index in [1.165, 1.54) is 0 Å². The number of nitrogens with zero attached hydrogens (tertiary/aromatic N) is 2. The quantitative estimate of drug-likeness (QED) is 0.671. The Morgan fingerprint density at radius 1 is 1.33 bits per heavy atom. The van der Waals surface area contributed by atoms with Crippen LogP contribution in [0.3, 0.4) is 0 Å². The maximum Gasteiger partial charge on any atom is 0.305 e. The van der Waals surface area contributed by atoms with Crippen LogP contribution in [0, 0.1) is 35.6 Å². The third-order valence-corrected chi connectivity index (χ3v) is 2.84. The second-order valence-corrected chi connectivity index (χ2v) is 4.30. The molecule has 2 rings (SSSR count). The molecule has 0 atom stereocenters. The first-order chi connectivity index (χ1) is 9.81. The van der Waals surface area contributed by atoms with Gasteiger partial charge in [-0.2, -0.15) is 9.49 Å². The van der Waals surface area contributed by atoms with Gasteiger partial charge in [-0.05, 0) is 13.8 Å². The molecule has 110 valence electrons. The minimum absolute atomic E-state index is 0.308. The number of amides is 1. The van der Waals surface area contributed by atoms with E-state index in [0.717, 1.165) is 0 Å². The fourth-order valence-electron chi connectivity index (χ4n) is 1.77. The van der Waals surface area contributed by atoms with Gasteiger partial charge in [-0.1, -0.05) is 0 Å². The molecule has 1 aromatic carbocycles. The minimum Gasteiger partial charge on any atom is -0.319 e. The molecule has 21 heavy (non-hydrogen) atoms. The van der Waals surface area contributed by atoms with Crippen molar-refractivity contribution in [1.82, 2.24) is 10.2 Å². The number of hydrogen-bond acceptors (Lipinski definition) is 4. The number of carbonyl (C=O) groups is 1. The smallest absolute Gasteiger partial charge is 0.305 e. The van der Waals surface area contributed by atoms with E-state index >= 15 is 0 Å². The predicted molar refractivity (Wildman–Crippen MR) is 69.0 cm³/mol. The number of nitro groups is 1. The largest absolute Gasteiger partial charge is 0.319 e. The van der Waals surface area contributed by atoms with Gasteiger partial charge >= 0.3 is 5.69 Å². The van der Waals surface area contributed by atoms with Crippen LogP contribution in [0.2, 0.25) is 0 Å². The fourth-order valence-corrected chi connectivity index (χ4v) is 1.77. The monoisotopic (exact) mass is 296 g/mol. The molecule has 0 spiro atoms. The summed E-state index contributed by atoms with van der Waals surface area (Å²) >= 11 is 0. The number of H-pyrrole nitrogens is 1. The zero-order chi connectivity index (χ0) is 15.7. The molecule has 9 heteroatoms. The number of anilines is 1. The van der Waals surface area contributed by atoms with Gasteiger partial charge in [0.25, 0.3) is 5.91 Å². The highest BCUT2D eigenvalue weighted by atomic mass is 19.1. The average molecular weight is 296 g/mol. The van der Waals surface area contributed by atoms with Gasteiger partial charge in [0.1, 0.15) is 5.82 Å². The van der Waals surface area contributed by atoms with E-state index in [-0.39, 0.29) is 0 Å². The van der Waals surface area contributed by atoms with Crippen LogP contribution in [-0.2, 0) is 0 Å². The molecule has 0 saturated carbocycles. The third-order valence-electron chi connectivity index (χ3n) is 2.84. The van der Waals surface area contributed by atoms with Gasteiger partial charge in [-0.3, -0.25) is 20.0 Å². The second kappa shape index (κ2) is 5.27. The van der Waals surface area contributed by atoms with E-state index < -0.39 is 33.7 Å². The van der Waals surface area contributed by atoms with Crippen LogP contribution >= 0.6 is 0 Å². The lowest BCUT2D eigenvalue weighted by molar-refractivity contribution is -0.387. The van der Waals surface area contributed by atoms with Gasteiger partial charge < -0.3 is 5.32 Å². The summed E-state index contributed by atoms with van der Waals surface area (Å²) < 4.78 is 26.8. The van der Waals surface area contributed by atoms with Crippen molar-refractivity contribution >= 4 is 17.3 Å². The van der Waals surface area contributed by atoms with E-state index in [1.807, 2.05) is 0 Å². The number of rotatable bonds is 3. The second-order valence-electron chi connectivity index (χ2n) is 4.30. The summed E-state index contributed by atoms with van der Waals surface area (Å²) in [5, 5.41) is 19.5. The number of aromatic amines is 1. The highest BCUT2D eigenvalue weighted by Crippen LogP contribution is 2.23. The lowest BCUT2D eigenvalue weighted by atomic mass is 10.1.